The Hall–Kier alpha value is -2.33. The van der Waals surface area contributed by atoms with E-state index >= 15 is 0 Å². The fourth-order valence-electron chi connectivity index (χ4n) is 2.50. The number of amides is 1. The molecule has 0 spiro atoms. The lowest BCUT2D eigenvalue weighted by atomic mass is 10.1. The molecule has 2 rings (SSSR count). The highest BCUT2D eigenvalue weighted by Crippen LogP contribution is 2.24. The zero-order valence-corrected chi connectivity index (χ0v) is 14.3. The Bertz CT molecular complexity index is 666. The van der Waals surface area contributed by atoms with E-state index in [-0.39, 0.29) is 5.91 Å². The number of carbonyl (C=O) groups excluding carboxylic acids is 1. The van der Waals surface area contributed by atoms with Crippen LogP contribution in [0.4, 0.5) is 5.69 Å². The van der Waals surface area contributed by atoms with Crippen molar-refractivity contribution in [1.82, 2.24) is 0 Å². The van der Waals surface area contributed by atoms with E-state index in [1.54, 1.807) is 7.11 Å². The van der Waals surface area contributed by atoms with Crippen LogP contribution in [-0.4, -0.2) is 26.6 Å². The zero-order valence-electron chi connectivity index (χ0n) is 14.3. The summed E-state index contributed by atoms with van der Waals surface area (Å²) in [6, 6.07) is 14.2. The van der Waals surface area contributed by atoms with E-state index in [1.807, 2.05) is 32.2 Å². The first kappa shape index (κ1) is 17.0. The van der Waals surface area contributed by atoms with E-state index in [0.29, 0.717) is 12.3 Å². The number of ether oxygens (including phenoxy) is 1. The van der Waals surface area contributed by atoms with Crippen LogP contribution in [-0.2, 0) is 11.3 Å². The molecule has 0 radical (unpaired) electrons. The molecule has 4 nitrogen and oxygen atoms in total. The summed E-state index contributed by atoms with van der Waals surface area (Å²) < 4.78 is 5.29. The quantitative estimate of drug-likeness (QED) is 0.856. The number of likely N-dealkylation sites (N-methyl/N-ethyl adjacent to an activating group) is 1. The normalized spacial score (nSPS) is 11.8. The topological polar surface area (TPSA) is 42.8 Å². The third-order valence-corrected chi connectivity index (χ3v) is 3.72. The summed E-state index contributed by atoms with van der Waals surface area (Å²) in [5, 5.41) is 2.94. The van der Waals surface area contributed by atoms with Gasteiger partial charge in [-0.25, -0.2) is 0 Å². The molecular weight excluding hydrogens is 288 g/mol. The van der Waals surface area contributed by atoms with Crippen molar-refractivity contribution >= 4 is 11.6 Å². The number of rotatable bonds is 6. The molecule has 1 unspecified atom stereocenters. The Labute approximate surface area is 138 Å². The van der Waals surface area contributed by atoms with E-state index in [2.05, 4.69) is 36.5 Å². The van der Waals surface area contributed by atoms with Crippen molar-refractivity contribution in [2.24, 2.45) is 0 Å². The molecule has 0 fully saturated rings. The van der Waals surface area contributed by atoms with Crippen LogP contribution in [0.15, 0.2) is 42.5 Å². The molecule has 0 aliphatic heterocycles. The highest BCUT2D eigenvalue weighted by atomic mass is 16.5. The molecular formula is C19H25N2O2+. The first-order valence-electron chi connectivity index (χ1n) is 7.79. The number of nitrogens with one attached hydrogen (secondary N) is 2. The molecule has 0 saturated carbocycles. The SMILES string of the molecule is COc1ccc(C)cc1NC(=O)C[NH+](C)Cc1ccc(C)cc1. The lowest BCUT2D eigenvalue weighted by Gasteiger charge is -2.15. The van der Waals surface area contributed by atoms with Crippen LogP contribution in [0, 0.1) is 13.8 Å². The van der Waals surface area contributed by atoms with Gasteiger partial charge in [-0.15, -0.1) is 0 Å². The van der Waals surface area contributed by atoms with Gasteiger partial charge in [0.2, 0.25) is 0 Å². The molecule has 0 bridgehead atoms. The van der Waals surface area contributed by atoms with E-state index in [0.717, 1.165) is 22.7 Å². The Balaban J connectivity index is 1.94. The summed E-state index contributed by atoms with van der Waals surface area (Å²) in [5.74, 6) is 0.665. The van der Waals surface area contributed by atoms with Gasteiger partial charge in [-0.1, -0.05) is 35.9 Å². The number of aryl methyl sites for hydroxylation is 2. The minimum Gasteiger partial charge on any atom is -0.495 e. The van der Waals surface area contributed by atoms with Gasteiger partial charge >= 0.3 is 0 Å². The molecule has 0 aromatic heterocycles. The van der Waals surface area contributed by atoms with Crippen LogP contribution in [0.5, 0.6) is 5.75 Å². The Morgan fingerprint density at radius 3 is 2.39 bits per heavy atom. The molecule has 0 saturated heterocycles. The molecule has 2 aromatic rings. The Morgan fingerprint density at radius 1 is 1.09 bits per heavy atom. The standard InChI is InChI=1S/C19H24N2O2/c1-14-5-8-16(9-6-14)12-21(3)13-19(22)20-17-11-15(2)7-10-18(17)23-4/h5-11H,12-13H2,1-4H3,(H,20,22)/p+1. The van der Waals surface area contributed by atoms with Gasteiger partial charge in [0, 0.05) is 5.56 Å². The highest BCUT2D eigenvalue weighted by Gasteiger charge is 2.13. The van der Waals surface area contributed by atoms with Crippen LogP contribution in [0.1, 0.15) is 16.7 Å². The zero-order chi connectivity index (χ0) is 16.8. The molecule has 0 aliphatic carbocycles. The number of benzene rings is 2. The molecule has 2 aromatic carbocycles. The lowest BCUT2D eigenvalue weighted by Crippen LogP contribution is -3.08. The summed E-state index contributed by atoms with van der Waals surface area (Å²) in [6.45, 7) is 5.29. The predicted octanol–water partition coefficient (Wildman–Crippen LogP) is 1.97. The number of anilines is 1. The van der Waals surface area contributed by atoms with Crippen LogP contribution < -0.4 is 15.0 Å². The number of hydrogen-bond acceptors (Lipinski definition) is 2. The van der Waals surface area contributed by atoms with Crippen LogP contribution >= 0.6 is 0 Å². The number of quaternary nitrogens is 1. The van der Waals surface area contributed by atoms with Crippen molar-refractivity contribution in [3.63, 3.8) is 0 Å². The van der Waals surface area contributed by atoms with E-state index < -0.39 is 0 Å². The van der Waals surface area contributed by atoms with Crippen LogP contribution in [0.2, 0.25) is 0 Å². The van der Waals surface area contributed by atoms with Crippen molar-refractivity contribution in [2.45, 2.75) is 20.4 Å². The second-order valence-corrected chi connectivity index (χ2v) is 6.05. The van der Waals surface area contributed by atoms with Gasteiger partial charge < -0.3 is 15.0 Å². The number of hydrogen-bond donors (Lipinski definition) is 2. The number of carbonyl (C=O) groups is 1. The maximum Gasteiger partial charge on any atom is 0.279 e. The summed E-state index contributed by atoms with van der Waals surface area (Å²) in [4.78, 5) is 13.4. The van der Waals surface area contributed by atoms with E-state index in [9.17, 15) is 4.79 Å². The van der Waals surface area contributed by atoms with Crippen molar-refractivity contribution in [3.05, 3.63) is 59.2 Å². The average Bonchev–Trinajstić information content (AvgIpc) is 2.49. The first-order chi connectivity index (χ1) is 11.0. The van der Waals surface area contributed by atoms with Gasteiger partial charge in [-0.2, -0.15) is 0 Å². The van der Waals surface area contributed by atoms with Crippen LogP contribution in [0.25, 0.3) is 0 Å². The second kappa shape index (κ2) is 7.79. The minimum absolute atomic E-state index is 0.0153. The monoisotopic (exact) mass is 313 g/mol. The van der Waals surface area contributed by atoms with Crippen molar-refractivity contribution in [3.8, 4) is 5.75 Å². The average molecular weight is 313 g/mol. The Morgan fingerprint density at radius 2 is 1.74 bits per heavy atom. The fraction of sp³-hybridized carbons (Fsp3) is 0.316. The van der Waals surface area contributed by atoms with Gasteiger partial charge in [0.1, 0.15) is 12.3 Å². The third-order valence-electron chi connectivity index (χ3n) is 3.72. The van der Waals surface area contributed by atoms with E-state index in [1.165, 1.54) is 11.1 Å². The smallest absolute Gasteiger partial charge is 0.279 e. The molecule has 2 N–H and O–H groups in total. The maximum atomic E-state index is 12.3. The second-order valence-electron chi connectivity index (χ2n) is 6.05. The number of methoxy groups -OCH3 is 1. The first-order valence-corrected chi connectivity index (χ1v) is 7.79. The molecule has 1 amide bonds. The van der Waals surface area contributed by atoms with Crippen molar-refractivity contribution in [2.75, 3.05) is 26.0 Å². The largest absolute Gasteiger partial charge is 0.495 e. The summed E-state index contributed by atoms with van der Waals surface area (Å²) >= 11 is 0. The van der Waals surface area contributed by atoms with Gasteiger partial charge in [-0.05, 0) is 31.5 Å². The molecule has 0 aliphatic rings. The summed E-state index contributed by atoms with van der Waals surface area (Å²) in [6.07, 6.45) is 0. The van der Waals surface area contributed by atoms with Crippen LogP contribution in [0.3, 0.4) is 0 Å². The molecule has 122 valence electrons. The summed E-state index contributed by atoms with van der Waals surface area (Å²) in [5.41, 5.74) is 4.28. The van der Waals surface area contributed by atoms with Crippen molar-refractivity contribution < 1.29 is 14.4 Å². The maximum absolute atomic E-state index is 12.3. The Kier molecular flexibility index (Phi) is 5.77. The summed E-state index contributed by atoms with van der Waals surface area (Å²) in [7, 11) is 3.63. The molecule has 1 atom stereocenters. The third kappa shape index (κ3) is 5.11. The van der Waals surface area contributed by atoms with Crippen molar-refractivity contribution in [1.29, 1.82) is 0 Å². The predicted molar refractivity (Wildman–Crippen MR) is 93.0 cm³/mol. The lowest BCUT2D eigenvalue weighted by molar-refractivity contribution is -0.885. The van der Waals surface area contributed by atoms with Gasteiger partial charge in [0.25, 0.3) is 5.91 Å². The molecule has 0 heterocycles. The van der Waals surface area contributed by atoms with Gasteiger partial charge in [-0.3, -0.25) is 4.79 Å². The molecule has 4 heteroatoms. The minimum atomic E-state index is -0.0153. The fourth-order valence-corrected chi connectivity index (χ4v) is 2.50. The van der Waals surface area contributed by atoms with Gasteiger partial charge in [0.05, 0.1) is 19.8 Å². The van der Waals surface area contributed by atoms with E-state index in [4.69, 9.17) is 4.74 Å². The van der Waals surface area contributed by atoms with Gasteiger partial charge in [0.15, 0.2) is 6.54 Å². The highest BCUT2D eigenvalue weighted by molar-refractivity contribution is 5.93. The molecule has 23 heavy (non-hydrogen) atoms.